The molecule has 2 aromatic carbocycles. The van der Waals surface area contributed by atoms with Gasteiger partial charge in [0.15, 0.2) is 17.9 Å². The van der Waals surface area contributed by atoms with Gasteiger partial charge in [0.2, 0.25) is 0 Å². The lowest BCUT2D eigenvalue weighted by Crippen LogP contribution is -2.04. The van der Waals surface area contributed by atoms with E-state index >= 15 is 0 Å². The van der Waals surface area contributed by atoms with E-state index in [1.54, 1.807) is 24.3 Å². The summed E-state index contributed by atoms with van der Waals surface area (Å²) < 4.78 is 39.6. The first-order valence-corrected chi connectivity index (χ1v) is 7.98. The van der Waals surface area contributed by atoms with Gasteiger partial charge >= 0.3 is 0 Å². The molecule has 0 saturated carbocycles. The molecule has 0 aromatic heterocycles. The van der Waals surface area contributed by atoms with Crippen molar-refractivity contribution >= 4 is 28.1 Å². The molecule has 0 N–H and O–H groups in total. The smallest absolute Gasteiger partial charge is 0.186 e. The van der Waals surface area contributed by atoms with E-state index in [9.17, 15) is 8.78 Å². The standard InChI is InChI=1S/C18H12BrF2NO2/c19-15-6-1-11(10-22)9-13(15)3-2-12-4-5-14(17(21)16(12)20)18-23-7-8-24-18/h1-6,9,18H,7-8H2/b3-2-. The van der Waals surface area contributed by atoms with Crippen molar-refractivity contribution in [2.24, 2.45) is 0 Å². The molecular weight excluding hydrogens is 380 g/mol. The molecule has 0 unspecified atom stereocenters. The fourth-order valence-corrected chi connectivity index (χ4v) is 2.73. The highest BCUT2D eigenvalue weighted by atomic mass is 79.9. The van der Waals surface area contributed by atoms with Gasteiger partial charge in [-0.1, -0.05) is 40.2 Å². The Morgan fingerprint density at radius 1 is 1.04 bits per heavy atom. The van der Waals surface area contributed by atoms with E-state index in [1.807, 2.05) is 6.07 Å². The van der Waals surface area contributed by atoms with Crippen molar-refractivity contribution < 1.29 is 18.3 Å². The lowest BCUT2D eigenvalue weighted by atomic mass is 10.1. The minimum atomic E-state index is -0.978. The van der Waals surface area contributed by atoms with Crippen molar-refractivity contribution in [3.05, 3.63) is 68.7 Å². The maximum atomic E-state index is 14.3. The molecule has 1 heterocycles. The molecule has 0 radical (unpaired) electrons. The Balaban J connectivity index is 1.90. The summed E-state index contributed by atoms with van der Waals surface area (Å²) >= 11 is 3.36. The van der Waals surface area contributed by atoms with E-state index in [-0.39, 0.29) is 11.1 Å². The Morgan fingerprint density at radius 2 is 1.75 bits per heavy atom. The number of hydrogen-bond acceptors (Lipinski definition) is 3. The molecule has 6 heteroatoms. The molecule has 1 aliphatic rings. The number of nitrogens with zero attached hydrogens (tertiary/aromatic N) is 1. The van der Waals surface area contributed by atoms with Gasteiger partial charge in [0.1, 0.15) is 0 Å². The predicted molar refractivity (Wildman–Crippen MR) is 88.8 cm³/mol. The topological polar surface area (TPSA) is 42.2 Å². The highest BCUT2D eigenvalue weighted by Crippen LogP contribution is 2.29. The second kappa shape index (κ2) is 7.22. The van der Waals surface area contributed by atoms with Gasteiger partial charge < -0.3 is 9.47 Å². The first-order chi connectivity index (χ1) is 11.6. The molecule has 1 saturated heterocycles. The van der Waals surface area contributed by atoms with Crippen LogP contribution in [0.4, 0.5) is 8.78 Å². The van der Waals surface area contributed by atoms with Crippen LogP contribution < -0.4 is 0 Å². The third-order valence-corrected chi connectivity index (χ3v) is 4.31. The molecule has 1 aliphatic heterocycles. The van der Waals surface area contributed by atoms with Crippen LogP contribution >= 0.6 is 15.9 Å². The molecule has 24 heavy (non-hydrogen) atoms. The highest BCUT2D eigenvalue weighted by molar-refractivity contribution is 9.10. The Bertz CT molecular complexity index is 840. The molecular formula is C18H12BrF2NO2. The van der Waals surface area contributed by atoms with E-state index in [1.165, 1.54) is 18.2 Å². The van der Waals surface area contributed by atoms with Gasteiger partial charge in [-0.2, -0.15) is 5.26 Å². The van der Waals surface area contributed by atoms with E-state index < -0.39 is 17.9 Å². The highest BCUT2D eigenvalue weighted by Gasteiger charge is 2.24. The summed E-state index contributed by atoms with van der Waals surface area (Å²) in [6.07, 6.45) is 2.21. The van der Waals surface area contributed by atoms with Gasteiger partial charge in [0.25, 0.3) is 0 Å². The summed E-state index contributed by atoms with van der Waals surface area (Å²) in [5.74, 6) is -1.94. The first kappa shape index (κ1) is 16.8. The normalized spacial score (nSPS) is 15.1. The van der Waals surface area contributed by atoms with E-state index in [0.717, 1.165) is 4.47 Å². The lowest BCUT2D eigenvalue weighted by molar-refractivity contribution is -0.0468. The number of hydrogen-bond donors (Lipinski definition) is 0. The second-order valence-electron chi connectivity index (χ2n) is 5.13. The quantitative estimate of drug-likeness (QED) is 0.704. The summed E-state index contributed by atoms with van der Waals surface area (Å²) in [7, 11) is 0. The lowest BCUT2D eigenvalue weighted by Gasteiger charge is -2.11. The van der Waals surface area contributed by atoms with Gasteiger partial charge in [0, 0.05) is 15.6 Å². The molecule has 122 valence electrons. The number of benzene rings is 2. The Labute approximate surface area is 146 Å². The maximum Gasteiger partial charge on any atom is 0.186 e. The second-order valence-corrected chi connectivity index (χ2v) is 5.98. The SMILES string of the molecule is N#Cc1ccc(Br)c(/C=C\c2ccc(C3OCCO3)c(F)c2F)c1. The number of ether oxygens (including phenoxy) is 2. The van der Waals surface area contributed by atoms with Crippen molar-refractivity contribution in [1.29, 1.82) is 5.26 Å². The molecule has 1 fully saturated rings. The minimum absolute atomic E-state index is 0.0507. The summed E-state index contributed by atoms with van der Waals surface area (Å²) in [5.41, 5.74) is 1.33. The zero-order valence-corrected chi connectivity index (χ0v) is 14.0. The van der Waals surface area contributed by atoms with E-state index in [2.05, 4.69) is 15.9 Å². The fraction of sp³-hybridized carbons (Fsp3) is 0.167. The fourth-order valence-electron chi connectivity index (χ4n) is 2.35. The summed E-state index contributed by atoms with van der Waals surface area (Å²) in [6, 6.07) is 10.0. The number of halogens is 3. The van der Waals surface area contributed by atoms with E-state index in [4.69, 9.17) is 14.7 Å². The summed E-state index contributed by atoms with van der Waals surface area (Å²) in [5, 5.41) is 8.93. The molecule has 0 aliphatic carbocycles. The van der Waals surface area contributed by atoms with Crippen LogP contribution in [0.1, 0.15) is 28.5 Å². The first-order valence-electron chi connectivity index (χ1n) is 7.19. The maximum absolute atomic E-state index is 14.3. The van der Waals surface area contributed by atoms with Gasteiger partial charge in [-0.05, 0) is 23.8 Å². The van der Waals surface area contributed by atoms with Crippen LogP contribution in [0.3, 0.4) is 0 Å². The predicted octanol–water partition coefficient (Wildman–Crippen LogP) is 4.81. The zero-order valence-electron chi connectivity index (χ0n) is 12.4. The average molecular weight is 392 g/mol. The number of rotatable bonds is 3. The van der Waals surface area contributed by atoms with Crippen LogP contribution in [0.5, 0.6) is 0 Å². The molecule has 3 rings (SSSR count). The molecule has 3 nitrogen and oxygen atoms in total. The van der Waals surface area contributed by atoms with Crippen molar-refractivity contribution in [2.45, 2.75) is 6.29 Å². The monoisotopic (exact) mass is 391 g/mol. The largest absolute Gasteiger partial charge is 0.346 e. The summed E-state index contributed by atoms with van der Waals surface area (Å²) in [4.78, 5) is 0. The Morgan fingerprint density at radius 3 is 2.46 bits per heavy atom. The van der Waals surface area contributed by atoms with Gasteiger partial charge in [0.05, 0.1) is 24.8 Å². The van der Waals surface area contributed by atoms with Crippen molar-refractivity contribution in [3.63, 3.8) is 0 Å². The Kier molecular flexibility index (Phi) is 5.05. The van der Waals surface area contributed by atoms with Crippen LogP contribution in [0.2, 0.25) is 0 Å². The van der Waals surface area contributed by atoms with Crippen LogP contribution in [0.15, 0.2) is 34.8 Å². The molecule has 0 bridgehead atoms. The van der Waals surface area contributed by atoms with Crippen LogP contribution in [-0.4, -0.2) is 13.2 Å². The van der Waals surface area contributed by atoms with Crippen LogP contribution in [-0.2, 0) is 9.47 Å². The van der Waals surface area contributed by atoms with Crippen molar-refractivity contribution in [2.75, 3.05) is 13.2 Å². The molecule has 2 aromatic rings. The van der Waals surface area contributed by atoms with Gasteiger partial charge in [-0.3, -0.25) is 0 Å². The molecule has 0 spiro atoms. The van der Waals surface area contributed by atoms with Crippen LogP contribution in [0.25, 0.3) is 12.2 Å². The average Bonchev–Trinajstić information content (AvgIpc) is 3.12. The molecule has 0 amide bonds. The van der Waals surface area contributed by atoms with Crippen molar-refractivity contribution in [1.82, 2.24) is 0 Å². The number of nitriles is 1. The third kappa shape index (κ3) is 3.39. The zero-order chi connectivity index (χ0) is 17.1. The van der Waals surface area contributed by atoms with Crippen LogP contribution in [0, 0.1) is 23.0 Å². The summed E-state index contributed by atoms with van der Waals surface area (Å²) in [6.45, 7) is 0.716. The minimum Gasteiger partial charge on any atom is -0.346 e. The van der Waals surface area contributed by atoms with Gasteiger partial charge in [-0.15, -0.1) is 0 Å². The van der Waals surface area contributed by atoms with Gasteiger partial charge in [-0.25, -0.2) is 8.78 Å². The van der Waals surface area contributed by atoms with Crippen molar-refractivity contribution in [3.8, 4) is 6.07 Å². The van der Waals surface area contributed by atoms with E-state index in [0.29, 0.717) is 24.3 Å². The third-order valence-electron chi connectivity index (χ3n) is 3.59. The molecule has 0 atom stereocenters. The Hall–Kier alpha value is -2.07.